The molecule has 4 nitrogen and oxygen atoms in total. The van der Waals surface area contributed by atoms with Crippen LogP contribution in [0.4, 0.5) is 5.69 Å². The molecule has 0 unspecified atom stereocenters. The molecule has 1 N–H and O–H groups in total. The summed E-state index contributed by atoms with van der Waals surface area (Å²) in [5.74, 6) is 1.48. The first kappa shape index (κ1) is 20.0. The predicted molar refractivity (Wildman–Crippen MR) is 119 cm³/mol. The fourth-order valence-electron chi connectivity index (χ4n) is 3.70. The van der Waals surface area contributed by atoms with Gasteiger partial charge in [0.25, 0.3) is 5.91 Å². The molecule has 0 spiro atoms. The Labute approximate surface area is 177 Å². The smallest absolute Gasteiger partial charge is 0.255 e. The van der Waals surface area contributed by atoms with E-state index in [1.165, 1.54) is 5.56 Å². The van der Waals surface area contributed by atoms with Crippen LogP contribution in [0.25, 0.3) is 0 Å². The summed E-state index contributed by atoms with van der Waals surface area (Å²) in [6.45, 7) is 8.63. The molecule has 0 saturated carbocycles. The van der Waals surface area contributed by atoms with E-state index < -0.39 is 0 Å². The molecule has 0 fully saturated rings. The van der Waals surface area contributed by atoms with Crippen LogP contribution in [0.3, 0.4) is 0 Å². The van der Waals surface area contributed by atoms with Gasteiger partial charge in [0.2, 0.25) is 0 Å². The molecule has 1 aliphatic heterocycles. The van der Waals surface area contributed by atoms with Crippen LogP contribution in [0.5, 0.6) is 11.5 Å². The van der Waals surface area contributed by atoms with Crippen LogP contribution in [0.15, 0.2) is 60.7 Å². The fourth-order valence-corrected chi connectivity index (χ4v) is 3.70. The van der Waals surface area contributed by atoms with Gasteiger partial charge in [0, 0.05) is 23.2 Å². The number of hydrogen-bond donors (Lipinski definition) is 1. The first-order valence-electron chi connectivity index (χ1n) is 10.2. The minimum atomic E-state index is -0.202. The number of para-hydroxylation sites is 1. The molecule has 30 heavy (non-hydrogen) atoms. The zero-order valence-corrected chi connectivity index (χ0v) is 17.9. The predicted octanol–water partition coefficient (Wildman–Crippen LogP) is 5.85. The Morgan fingerprint density at radius 3 is 2.53 bits per heavy atom. The molecule has 1 amide bonds. The summed E-state index contributed by atoms with van der Waals surface area (Å²) in [5.41, 5.74) is 5.66. The first-order chi connectivity index (χ1) is 14.3. The molecule has 0 atom stereocenters. The molecule has 1 heterocycles. The van der Waals surface area contributed by atoms with Crippen molar-refractivity contribution in [3.63, 3.8) is 0 Å². The lowest BCUT2D eigenvalue weighted by Gasteiger charge is -2.18. The van der Waals surface area contributed by atoms with Crippen LogP contribution in [0.2, 0.25) is 0 Å². The van der Waals surface area contributed by atoms with E-state index in [0.717, 1.165) is 40.3 Å². The van der Waals surface area contributed by atoms with Crippen molar-refractivity contribution in [2.75, 3.05) is 5.32 Å². The van der Waals surface area contributed by atoms with Gasteiger partial charge < -0.3 is 14.8 Å². The zero-order valence-electron chi connectivity index (χ0n) is 17.9. The number of hydrogen-bond acceptors (Lipinski definition) is 3. The highest BCUT2D eigenvalue weighted by Crippen LogP contribution is 2.41. The van der Waals surface area contributed by atoms with Gasteiger partial charge >= 0.3 is 0 Å². The summed E-state index contributed by atoms with van der Waals surface area (Å²) in [5, 5.41) is 2.99. The van der Waals surface area contributed by atoms with Crippen LogP contribution in [-0.4, -0.2) is 11.5 Å². The number of anilines is 1. The Morgan fingerprint density at radius 2 is 1.77 bits per heavy atom. The van der Waals surface area contributed by atoms with Crippen LogP contribution in [-0.2, 0) is 13.0 Å². The Kier molecular flexibility index (Phi) is 5.25. The highest BCUT2D eigenvalue weighted by atomic mass is 16.5. The number of amides is 1. The van der Waals surface area contributed by atoms with Gasteiger partial charge in [-0.3, -0.25) is 4.79 Å². The number of nitrogens with one attached hydrogen (secondary N) is 1. The molecule has 4 heteroatoms. The molecule has 4 rings (SSSR count). The number of ether oxygens (including phenoxy) is 2. The SMILES string of the molecule is Cc1cccc(NC(=O)c2ccc(COc3cccc4c3OC(C)(C)C4)cc2)c1C. The number of fused-ring (bicyclic) bond motifs is 1. The van der Waals surface area contributed by atoms with Crippen LogP contribution in [0, 0.1) is 13.8 Å². The average Bonchev–Trinajstić information content (AvgIpc) is 3.04. The van der Waals surface area contributed by atoms with Crippen LogP contribution in [0.1, 0.15) is 46.5 Å². The van der Waals surface area contributed by atoms with E-state index in [9.17, 15) is 4.79 Å². The molecule has 0 aliphatic carbocycles. The molecule has 0 aromatic heterocycles. The van der Waals surface area contributed by atoms with E-state index in [4.69, 9.17) is 9.47 Å². The van der Waals surface area contributed by atoms with Crippen molar-refractivity contribution in [1.29, 1.82) is 0 Å². The van der Waals surface area contributed by atoms with E-state index in [1.54, 1.807) is 0 Å². The molecule has 0 radical (unpaired) electrons. The van der Waals surface area contributed by atoms with Crippen molar-refractivity contribution < 1.29 is 14.3 Å². The molecule has 3 aromatic rings. The van der Waals surface area contributed by atoms with Gasteiger partial charge in [-0.25, -0.2) is 0 Å². The largest absolute Gasteiger partial charge is 0.485 e. The molecule has 3 aromatic carbocycles. The maximum absolute atomic E-state index is 12.6. The second kappa shape index (κ2) is 7.86. The third kappa shape index (κ3) is 4.18. The summed E-state index contributed by atoms with van der Waals surface area (Å²) in [6.07, 6.45) is 0.879. The number of carbonyl (C=O) groups is 1. The van der Waals surface area contributed by atoms with E-state index in [1.807, 2.05) is 68.4 Å². The second-order valence-corrected chi connectivity index (χ2v) is 8.47. The van der Waals surface area contributed by atoms with E-state index in [-0.39, 0.29) is 11.5 Å². The number of aryl methyl sites for hydroxylation is 1. The summed E-state index contributed by atoms with van der Waals surface area (Å²) in [7, 11) is 0. The van der Waals surface area contributed by atoms with E-state index in [2.05, 4.69) is 25.2 Å². The maximum Gasteiger partial charge on any atom is 0.255 e. The van der Waals surface area contributed by atoms with Gasteiger partial charge in [-0.1, -0.05) is 36.4 Å². The lowest BCUT2D eigenvalue weighted by molar-refractivity contribution is 0.102. The molecule has 154 valence electrons. The second-order valence-electron chi connectivity index (χ2n) is 8.47. The van der Waals surface area contributed by atoms with Crippen molar-refractivity contribution >= 4 is 11.6 Å². The summed E-state index contributed by atoms with van der Waals surface area (Å²) in [6, 6.07) is 19.4. The fraction of sp³-hybridized carbons (Fsp3) is 0.269. The minimum Gasteiger partial charge on any atom is -0.485 e. The quantitative estimate of drug-likeness (QED) is 0.583. The topological polar surface area (TPSA) is 47.6 Å². The van der Waals surface area contributed by atoms with Crippen molar-refractivity contribution in [3.05, 3.63) is 88.5 Å². The maximum atomic E-state index is 12.6. The Morgan fingerprint density at radius 1 is 1.03 bits per heavy atom. The Balaban J connectivity index is 1.41. The van der Waals surface area contributed by atoms with Gasteiger partial charge in [0.05, 0.1) is 0 Å². The molecular formula is C26H27NO3. The molecule has 0 bridgehead atoms. The number of rotatable bonds is 5. The normalized spacial score (nSPS) is 14.0. The molecule has 1 aliphatic rings. The third-order valence-electron chi connectivity index (χ3n) is 5.52. The van der Waals surface area contributed by atoms with Gasteiger partial charge in [-0.05, 0) is 68.7 Å². The standard InChI is InChI=1S/C26H27NO3/c1-17-7-5-9-22(18(17)2)27-25(28)20-13-11-19(12-14-20)16-29-23-10-6-8-21-15-26(3,4)30-24(21)23/h5-14H,15-16H2,1-4H3,(H,27,28). The van der Waals surface area contributed by atoms with Gasteiger partial charge in [-0.15, -0.1) is 0 Å². The molecular weight excluding hydrogens is 374 g/mol. The summed E-state index contributed by atoms with van der Waals surface area (Å²) >= 11 is 0. The van der Waals surface area contributed by atoms with Crippen molar-refractivity contribution in [2.45, 2.75) is 46.3 Å². The van der Waals surface area contributed by atoms with E-state index >= 15 is 0 Å². The number of carbonyl (C=O) groups excluding carboxylic acids is 1. The highest BCUT2D eigenvalue weighted by molar-refractivity contribution is 6.04. The van der Waals surface area contributed by atoms with Crippen LogP contribution < -0.4 is 14.8 Å². The van der Waals surface area contributed by atoms with Crippen LogP contribution >= 0.6 is 0 Å². The van der Waals surface area contributed by atoms with Gasteiger partial charge in [0.15, 0.2) is 11.5 Å². The van der Waals surface area contributed by atoms with E-state index in [0.29, 0.717) is 12.2 Å². The summed E-state index contributed by atoms with van der Waals surface area (Å²) < 4.78 is 12.1. The van der Waals surface area contributed by atoms with Gasteiger partial charge in [-0.2, -0.15) is 0 Å². The monoisotopic (exact) mass is 401 g/mol. The Hall–Kier alpha value is -3.27. The Bertz CT molecular complexity index is 1080. The lowest BCUT2D eigenvalue weighted by Crippen LogP contribution is -2.24. The lowest BCUT2D eigenvalue weighted by atomic mass is 10.0. The first-order valence-corrected chi connectivity index (χ1v) is 10.2. The van der Waals surface area contributed by atoms with Crippen molar-refractivity contribution in [2.24, 2.45) is 0 Å². The highest BCUT2D eigenvalue weighted by Gasteiger charge is 2.32. The van der Waals surface area contributed by atoms with Gasteiger partial charge in [0.1, 0.15) is 12.2 Å². The van der Waals surface area contributed by atoms with Crippen molar-refractivity contribution in [3.8, 4) is 11.5 Å². The summed E-state index contributed by atoms with van der Waals surface area (Å²) in [4.78, 5) is 12.6. The molecule has 0 saturated heterocycles. The number of benzene rings is 3. The third-order valence-corrected chi connectivity index (χ3v) is 5.52. The van der Waals surface area contributed by atoms with Crippen molar-refractivity contribution in [1.82, 2.24) is 0 Å². The minimum absolute atomic E-state index is 0.118. The zero-order chi connectivity index (χ0) is 21.3. The average molecular weight is 402 g/mol.